The summed E-state index contributed by atoms with van der Waals surface area (Å²) in [6, 6.07) is 1.85. The number of anilines is 2. The van der Waals surface area contributed by atoms with Gasteiger partial charge in [0.2, 0.25) is 5.95 Å². The monoisotopic (exact) mass is 246 g/mol. The normalized spacial score (nSPS) is 10.7. The van der Waals surface area contributed by atoms with Crippen molar-refractivity contribution in [3.63, 3.8) is 0 Å². The van der Waals surface area contributed by atoms with Crippen molar-refractivity contribution in [1.82, 2.24) is 19.7 Å². The third kappa shape index (κ3) is 2.13. The van der Waals surface area contributed by atoms with Crippen molar-refractivity contribution in [2.24, 2.45) is 0 Å². The van der Waals surface area contributed by atoms with E-state index in [0.29, 0.717) is 11.6 Å². The Balaban J connectivity index is 2.52. The number of hydrogen-bond donors (Lipinski definition) is 2. The minimum absolute atomic E-state index is 0.244. The summed E-state index contributed by atoms with van der Waals surface area (Å²) in [5.41, 5.74) is 8.94. The van der Waals surface area contributed by atoms with Crippen molar-refractivity contribution in [2.75, 3.05) is 17.6 Å². The van der Waals surface area contributed by atoms with Crippen LogP contribution in [0.15, 0.2) is 6.07 Å². The van der Waals surface area contributed by atoms with Crippen molar-refractivity contribution in [3.05, 3.63) is 23.0 Å². The zero-order valence-corrected chi connectivity index (χ0v) is 11.2. The number of nitrogen functional groups attached to an aromatic ring is 1. The van der Waals surface area contributed by atoms with E-state index in [4.69, 9.17) is 5.73 Å². The van der Waals surface area contributed by atoms with E-state index in [0.717, 1.165) is 23.5 Å². The lowest BCUT2D eigenvalue weighted by Gasteiger charge is -2.08. The molecule has 0 aliphatic heterocycles. The third-order valence-corrected chi connectivity index (χ3v) is 2.96. The molecule has 96 valence electrons. The molecule has 3 N–H and O–H groups in total. The lowest BCUT2D eigenvalue weighted by Crippen LogP contribution is -2.09. The Kier molecular flexibility index (Phi) is 3.18. The lowest BCUT2D eigenvalue weighted by molar-refractivity contribution is 0.803. The fourth-order valence-electron chi connectivity index (χ4n) is 1.78. The maximum Gasteiger partial charge on any atom is 0.224 e. The first-order chi connectivity index (χ1) is 8.52. The minimum atomic E-state index is 0.244. The van der Waals surface area contributed by atoms with Gasteiger partial charge in [0.05, 0.1) is 5.69 Å². The molecular formula is C12H18N6. The van der Waals surface area contributed by atoms with Crippen molar-refractivity contribution < 1.29 is 0 Å². The molecule has 6 heteroatoms. The summed E-state index contributed by atoms with van der Waals surface area (Å²) >= 11 is 0. The second kappa shape index (κ2) is 4.64. The van der Waals surface area contributed by atoms with E-state index >= 15 is 0 Å². The Bertz CT molecular complexity index is 572. The topological polar surface area (TPSA) is 81.7 Å². The molecule has 0 amide bonds. The average Bonchev–Trinajstić information content (AvgIpc) is 2.57. The highest BCUT2D eigenvalue weighted by Gasteiger charge is 2.11. The van der Waals surface area contributed by atoms with Crippen LogP contribution in [0, 0.1) is 20.8 Å². The van der Waals surface area contributed by atoms with Gasteiger partial charge in [0, 0.05) is 18.3 Å². The van der Waals surface area contributed by atoms with E-state index in [2.05, 4.69) is 20.4 Å². The average molecular weight is 246 g/mol. The molecule has 2 heterocycles. The molecule has 0 unspecified atom stereocenters. The van der Waals surface area contributed by atoms with Crippen LogP contribution in [0.5, 0.6) is 0 Å². The molecule has 18 heavy (non-hydrogen) atoms. The van der Waals surface area contributed by atoms with Crippen LogP contribution in [-0.2, 0) is 0 Å². The molecule has 0 radical (unpaired) electrons. The first-order valence-corrected chi connectivity index (χ1v) is 5.94. The number of nitrogens with zero attached hydrogens (tertiary/aromatic N) is 4. The van der Waals surface area contributed by atoms with Gasteiger partial charge in [-0.2, -0.15) is 15.1 Å². The minimum Gasteiger partial charge on any atom is -0.370 e. The summed E-state index contributed by atoms with van der Waals surface area (Å²) in [5.74, 6) is 1.64. The summed E-state index contributed by atoms with van der Waals surface area (Å²) in [6.45, 7) is 8.83. The summed E-state index contributed by atoms with van der Waals surface area (Å²) < 4.78 is 1.80. The van der Waals surface area contributed by atoms with Gasteiger partial charge >= 0.3 is 0 Å². The predicted molar refractivity (Wildman–Crippen MR) is 71.9 cm³/mol. The number of aromatic nitrogens is 4. The molecule has 0 saturated carbocycles. The first kappa shape index (κ1) is 12.3. The van der Waals surface area contributed by atoms with Gasteiger partial charge in [-0.1, -0.05) is 0 Å². The van der Waals surface area contributed by atoms with Gasteiger partial charge in [0.15, 0.2) is 5.82 Å². The van der Waals surface area contributed by atoms with Crippen LogP contribution in [0.4, 0.5) is 11.8 Å². The Morgan fingerprint density at radius 3 is 2.56 bits per heavy atom. The first-order valence-electron chi connectivity index (χ1n) is 5.94. The zero-order valence-electron chi connectivity index (χ0n) is 11.2. The molecule has 0 aliphatic rings. The smallest absolute Gasteiger partial charge is 0.224 e. The predicted octanol–water partition coefficient (Wildman–Crippen LogP) is 1.60. The number of rotatable bonds is 3. The molecule has 2 aromatic heterocycles. The standard InChI is InChI=1S/C12H18N6/c1-5-14-10-6-11(16-12(13)15-10)18-9(4)7(2)8(3)17-18/h6H,5H2,1-4H3,(H3,13,14,15,16). The van der Waals surface area contributed by atoms with Gasteiger partial charge in [-0.25, -0.2) is 4.68 Å². The van der Waals surface area contributed by atoms with Crippen LogP contribution in [0.2, 0.25) is 0 Å². The Morgan fingerprint density at radius 2 is 2.00 bits per heavy atom. The van der Waals surface area contributed by atoms with E-state index in [1.807, 2.05) is 33.8 Å². The number of aryl methyl sites for hydroxylation is 1. The second-order valence-corrected chi connectivity index (χ2v) is 4.21. The molecule has 0 bridgehead atoms. The third-order valence-electron chi connectivity index (χ3n) is 2.96. The largest absolute Gasteiger partial charge is 0.370 e. The summed E-state index contributed by atoms with van der Waals surface area (Å²) in [4.78, 5) is 8.35. The Labute approximate surface area is 106 Å². The molecule has 0 atom stereocenters. The van der Waals surface area contributed by atoms with Crippen molar-refractivity contribution >= 4 is 11.8 Å². The molecule has 0 spiro atoms. The fraction of sp³-hybridized carbons (Fsp3) is 0.417. The molecule has 2 aromatic rings. The van der Waals surface area contributed by atoms with Gasteiger partial charge < -0.3 is 11.1 Å². The van der Waals surface area contributed by atoms with Crippen molar-refractivity contribution in [3.8, 4) is 5.82 Å². The van der Waals surface area contributed by atoms with Gasteiger partial charge in [-0.05, 0) is 33.3 Å². The number of nitrogens with two attached hydrogens (primary N) is 1. The highest BCUT2D eigenvalue weighted by atomic mass is 15.3. The number of hydrogen-bond acceptors (Lipinski definition) is 5. The highest BCUT2D eigenvalue weighted by molar-refractivity contribution is 5.46. The fourth-order valence-corrected chi connectivity index (χ4v) is 1.78. The zero-order chi connectivity index (χ0) is 13.3. The summed E-state index contributed by atoms with van der Waals surface area (Å²) in [7, 11) is 0. The maximum atomic E-state index is 5.72. The van der Waals surface area contributed by atoms with E-state index in [-0.39, 0.29) is 5.95 Å². The van der Waals surface area contributed by atoms with Gasteiger partial charge in [-0.3, -0.25) is 0 Å². The lowest BCUT2D eigenvalue weighted by atomic mass is 10.2. The molecule has 0 fully saturated rings. The molecule has 0 aliphatic carbocycles. The van der Waals surface area contributed by atoms with Crippen LogP contribution < -0.4 is 11.1 Å². The van der Waals surface area contributed by atoms with Crippen LogP contribution in [0.1, 0.15) is 23.9 Å². The molecule has 6 nitrogen and oxygen atoms in total. The van der Waals surface area contributed by atoms with E-state index in [1.54, 1.807) is 4.68 Å². The van der Waals surface area contributed by atoms with Crippen molar-refractivity contribution in [2.45, 2.75) is 27.7 Å². The van der Waals surface area contributed by atoms with Gasteiger partial charge in [0.25, 0.3) is 0 Å². The summed E-state index contributed by atoms with van der Waals surface area (Å²) in [5, 5.41) is 7.59. The van der Waals surface area contributed by atoms with Crippen LogP contribution in [0.3, 0.4) is 0 Å². The van der Waals surface area contributed by atoms with E-state index in [1.165, 1.54) is 0 Å². The van der Waals surface area contributed by atoms with Crippen molar-refractivity contribution in [1.29, 1.82) is 0 Å². The number of nitrogens with one attached hydrogen (secondary N) is 1. The summed E-state index contributed by atoms with van der Waals surface area (Å²) in [6.07, 6.45) is 0. The molecular weight excluding hydrogens is 228 g/mol. The molecule has 0 aromatic carbocycles. The Morgan fingerprint density at radius 1 is 1.28 bits per heavy atom. The van der Waals surface area contributed by atoms with E-state index in [9.17, 15) is 0 Å². The van der Waals surface area contributed by atoms with Crippen LogP contribution >= 0.6 is 0 Å². The van der Waals surface area contributed by atoms with Crippen LogP contribution in [0.25, 0.3) is 5.82 Å². The maximum absolute atomic E-state index is 5.72. The SMILES string of the molecule is CCNc1cc(-n2nc(C)c(C)c2C)nc(N)n1. The van der Waals surface area contributed by atoms with Crippen LogP contribution in [-0.4, -0.2) is 26.3 Å². The van der Waals surface area contributed by atoms with Gasteiger partial charge in [-0.15, -0.1) is 0 Å². The van der Waals surface area contributed by atoms with Gasteiger partial charge in [0.1, 0.15) is 5.82 Å². The second-order valence-electron chi connectivity index (χ2n) is 4.21. The Hall–Kier alpha value is -2.11. The highest BCUT2D eigenvalue weighted by Crippen LogP contribution is 2.17. The molecule has 0 saturated heterocycles. The quantitative estimate of drug-likeness (QED) is 0.859. The van der Waals surface area contributed by atoms with E-state index < -0.39 is 0 Å². The molecule has 2 rings (SSSR count).